The van der Waals surface area contributed by atoms with Crippen molar-refractivity contribution in [2.24, 2.45) is 0 Å². The number of hydrogen-bond donors (Lipinski definition) is 2. The first-order chi connectivity index (χ1) is 5.63. The summed E-state index contributed by atoms with van der Waals surface area (Å²) < 4.78 is 4.68. The molecule has 0 bridgehead atoms. The molecule has 0 saturated heterocycles. The highest BCUT2D eigenvalue weighted by molar-refractivity contribution is 7.15. The Morgan fingerprint density at radius 3 is 3.00 bits per heavy atom. The number of carbonyl (C=O) groups is 1. The summed E-state index contributed by atoms with van der Waals surface area (Å²) in [6, 6.07) is 0. The van der Waals surface area contributed by atoms with E-state index in [1.807, 2.05) is 0 Å². The minimum Gasteiger partial charge on any atom is -0.406 e. The highest BCUT2D eigenvalue weighted by Crippen LogP contribution is 2.26. The van der Waals surface area contributed by atoms with Crippen molar-refractivity contribution in [3.05, 3.63) is 4.88 Å². The van der Waals surface area contributed by atoms with Crippen LogP contribution < -0.4 is 10.5 Å². The lowest BCUT2D eigenvalue weighted by Crippen LogP contribution is -2.03. The highest BCUT2D eigenvalue weighted by Gasteiger charge is 2.11. The summed E-state index contributed by atoms with van der Waals surface area (Å²) >= 11 is 1.10. The zero-order valence-corrected chi connectivity index (χ0v) is 7.22. The van der Waals surface area contributed by atoms with Crippen LogP contribution in [0.15, 0.2) is 0 Å². The number of nitrogen functional groups attached to an aromatic ring is 1. The van der Waals surface area contributed by atoms with Gasteiger partial charge < -0.3 is 15.6 Å². The Kier molecular flexibility index (Phi) is 2.61. The van der Waals surface area contributed by atoms with E-state index in [4.69, 9.17) is 10.8 Å². The molecule has 0 aromatic carbocycles. The quantitative estimate of drug-likeness (QED) is 0.645. The standard InChI is InChI=1S/C6H8N2O3S/c1-3(10)11-5-4(2-9)12-6(7)8-5/h9H,2H2,1H3,(H2,7,8). The number of rotatable bonds is 2. The molecule has 0 aliphatic heterocycles. The van der Waals surface area contributed by atoms with Gasteiger partial charge in [-0.1, -0.05) is 11.3 Å². The van der Waals surface area contributed by atoms with Crippen molar-refractivity contribution in [1.82, 2.24) is 4.98 Å². The maximum atomic E-state index is 10.5. The summed E-state index contributed by atoms with van der Waals surface area (Å²) in [5, 5.41) is 9.04. The minimum atomic E-state index is -0.477. The molecule has 0 fully saturated rings. The lowest BCUT2D eigenvalue weighted by molar-refractivity contribution is -0.132. The Morgan fingerprint density at radius 1 is 1.83 bits per heavy atom. The molecule has 5 nitrogen and oxygen atoms in total. The first kappa shape index (κ1) is 8.95. The number of nitrogens with zero attached hydrogens (tertiary/aromatic N) is 1. The van der Waals surface area contributed by atoms with E-state index in [1.54, 1.807) is 0 Å². The maximum absolute atomic E-state index is 10.5. The fraction of sp³-hybridized carbons (Fsp3) is 0.333. The SMILES string of the molecule is CC(=O)Oc1nc(N)sc1CO. The van der Waals surface area contributed by atoms with Crippen molar-refractivity contribution in [3.8, 4) is 5.88 Å². The average molecular weight is 188 g/mol. The van der Waals surface area contributed by atoms with Crippen molar-refractivity contribution >= 4 is 22.4 Å². The number of nitrogens with two attached hydrogens (primary N) is 1. The molecule has 0 aliphatic carbocycles. The zero-order chi connectivity index (χ0) is 9.14. The first-order valence-electron chi connectivity index (χ1n) is 3.18. The van der Waals surface area contributed by atoms with Crippen LogP contribution in [-0.2, 0) is 11.4 Å². The number of hydrogen-bond acceptors (Lipinski definition) is 6. The van der Waals surface area contributed by atoms with Crippen LogP contribution in [0.5, 0.6) is 5.88 Å². The van der Waals surface area contributed by atoms with Crippen LogP contribution in [0.25, 0.3) is 0 Å². The molecular formula is C6H8N2O3S. The number of ether oxygens (including phenoxy) is 1. The number of aliphatic hydroxyl groups excluding tert-OH is 1. The van der Waals surface area contributed by atoms with Gasteiger partial charge in [-0.25, -0.2) is 0 Å². The van der Waals surface area contributed by atoms with Gasteiger partial charge in [0.15, 0.2) is 5.13 Å². The Morgan fingerprint density at radius 2 is 2.50 bits per heavy atom. The summed E-state index contributed by atoms with van der Waals surface area (Å²) in [5.74, 6) is -0.373. The first-order valence-corrected chi connectivity index (χ1v) is 3.99. The van der Waals surface area contributed by atoms with E-state index >= 15 is 0 Å². The highest BCUT2D eigenvalue weighted by atomic mass is 32.1. The Balaban J connectivity index is 2.89. The Hall–Kier alpha value is -1.14. The second-order valence-corrected chi connectivity index (χ2v) is 3.15. The third-order valence-corrected chi connectivity index (χ3v) is 1.91. The Labute approximate surface area is 72.8 Å². The average Bonchev–Trinajstić information content (AvgIpc) is 2.29. The number of aliphatic hydroxyl groups is 1. The molecule has 1 heterocycles. The normalized spacial score (nSPS) is 9.83. The minimum absolute atomic E-state index is 0.104. The van der Waals surface area contributed by atoms with Crippen molar-refractivity contribution < 1.29 is 14.6 Å². The van der Waals surface area contributed by atoms with Crippen molar-refractivity contribution in [1.29, 1.82) is 0 Å². The van der Waals surface area contributed by atoms with E-state index in [0.29, 0.717) is 4.88 Å². The summed E-state index contributed by atoms with van der Waals surface area (Å²) in [4.78, 5) is 14.7. The van der Waals surface area contributed by atoms with Crippen LogP contribution in [0.2, 0.25) is 0 Å². The van der Waals surface area contributed by atoms with Gasteiger partial charge >= 0.3 is 5.97 Å². The molecule has 0 aliphatic rings. The third kappa shape index (κ3) is 1.93. The van der Waals surface area contributed by atoms with Gasteiger partial charge in [0.1, 0.15) is 0 Å². The molecule has 0 radical (unpaired) electrons. The second kappa shape index (κ2) is 3.51. The van der Waals surface area contributed by atoms with Gasteiger partial charge in [-0.05, 0) is 0 Å². The molecule has 0 atom stereocenters. The van der Waals surface area contributed by atoms with Gasteiger partial charge in [-0.2, -0.15) is 4.98 Å². The lowest BCUT2D eigenvalue weighted by atomic mass is 10.5. The molecule has 66 valence electrons. The molecule has 12 heavy (non-hydrogen) atoms. The fourth-order valence-corrected chi connectivity index (χ4v) is 1.29. The van der Waals surface area contributed by atoms with Gasteiger partial charge in [0.2, 0.25) is 5.88 Å². The smallest absolute Gasteiger partial charge is 0.309 e. The fourth-order valence-electron chi connectivity index (χ4n) is 0.671. The second-order valence-electron chi connectivity index (χ2n) is 2.03. The van der Waals surface area contributed by atoms with Crippen LogP contribution in [0.3, 0.4) is 0 Å². The van der Waals surface area contributed by atoms with Gasteiger partial charge in [-0.3, -0.25) is 4.79 Å². The van der Waals surface area contributed by atoms with E-state index in [0.717, 1.165) is 11.3 Å². The number of aromatic nitrogens is 1. The zero-order valence-electron chi connectivity index (χ0n) is 6.40. The van der Waals surface area contributed by atoms with E-state index in [9.17, 15) is 4.79 Å². The molecule has 0 unspecified atom stereocenters. The molecule has 1 rings (SSSR count). The van der Waals surface area contributed by atoms with Crippen LogP contribution in [0, 0.1) is 0 Å². The van der Waals surface area contributed by atoms with Crippen molar-refractivity contribution in [2.75, 3.05) is 5.73 Å². The van der Waals surface area contributed by atoms with Gasteiger partial charge in [-0.15, -0.1) is 0 Å². The monoisotopic (exact) mass is 188 g/mol. The summed E-state index contributed by atoms with van der Waals surface area (Å²) in [7, 11) is 0. The number of carbonyl (C=O) groups excluding carboxylic acids is 1. The lowest BCUT2D eigenvalue weighted by Gasteiger charge is -1.96. The number of anilines is 1. The molecule has 3 N–H and O–H groups in total. The van der Waals surface area contributed by atoms with E-state index in [2.05, 4.69) is 9.72 Å². The van der Waals surface area contributed by atoms with E-state index in [1.165, 1.54) is 6.92 Å². The molecule has 6 heteroatoms. The molecule has 0 saturated carbocycles. The third-order valence-electron chi connectivity index (χ3n) is 1.06. The number of thiazole rings is 1. The Bertz CT molecular complexity index is 297. The molecule has 1 aromatic heterocycles. The van der Waals surface area contributed by atoms with Crippen molar-refractivity contribution in [2.45, 2.75) is 13.5 Å². The predicted molar refractivity (Wildman–Crippen MR) is 43.8 cm³/mol. The van der Waals surface area contributed by atoms with Crippen LogP contribution >= 0.6 is 11.3 Å². The van der Waals surface area contributed by atoms with Gasteiger partial charge in [0.05, 0.1) is 11.5 Å². The largest absolute Gasteiger partial charge is 0.406 e. The van der Waals surface area contributed by atoms with E-state index in [-0.39, 0.29) is 17.6 Å². The van der Waals surface area contributed by atoms with Crippen LogP contribution in [0.1, 0.15) is 11.8 Å². The van der Waals surface area contributed by atoms with Gasteiger partial charge in [0, 0.05) is 6.92 Å². The summed E-state index contributed by atoms with van der Waals surface area (Å²) in [6.45, 7) is 1.04. The number of esters is 1. The molecular weight excluding hydrogens is 180 g/mol. The molecule has 0 spiro atoms. The molecule has 0 amide bonds. The topological polar surface area (TPSA) is 85.4 Å². The maximum Gasteiger partial charge on any atom is 0.309 e. The summed E-state index contributed by atoms with van der Waals surface area (Å²) in [5.41, 5.74) is 5.34. The molecule has 1 aromatic rings. The van der Waals surface area contributed by atoms with Crippen molar-refractivity contribution in [3.63, 3.8) is 0 Å². The predicted octanol–water partition coefficient (Wildman–Crippen LogP) is 0.143. The summed E-state index contributed by atoms with van der Waals surface area (Å²) in [6.07, 6.45) is 0. The van der Waals surface area contributed by atoms with Gasteiger partial charge in [0.25, 0.3) is 0 Å². The van der Waals surface area contributed by atoms with Crippen LogP contribution in [-0.4, -0.2) is 16.1 Å². The van der Waals surface area contributed by atoms with Crippen LogP contribution in [0.4, 0.5) is 5.13 Å². The van der Waals surface area contributed by atoms with E-state index < -0.39 is 5.97 Å².